The summed E-state index contributed by atoms with van der Waals surface area (Å²) in [5, 5.41) is 0. The molecule has 0 heterocycles. The largest absolute Gasteiger partial charge is 0.398 e. The molecule has 0 saturated heterocycles. The van der Waals surface area contributed by atoms with Crippen LogP contribution in [-0.2, 0) is 0 Å². The van der Waals surface area contributed by atoms with Crippen LogP contribution < -0.4 is 11.5 Å². The molecule has 1 aromatic rings. The highest BCUT2D eigenvalue weighted by atomic mass is 16.1. The van der Waals surface area contributed by atoms with Crippen molar-refractivity contribution in [3.05, 3.63) is 41.5 Å². The maximum absolute atomic E-state index is 11.1. The molecule has 1 rings (SSSR count). The van der Waals surface area contributed by atoms with E-state index in [1.165, 1.54) is 0 Å². The van der Waals surface area contributed by atoms with Crippen molar-refractivity contribution >= 4 is 11.6 Å². The third-order valence-corrected chi connectivity index (χ3v) is 1.93. The van der Waals surface area contributed by atoms with Crippen LogP contribution >= 0.6 is 0 Å². The summed E-state index contributed by atoms with van der Waals surface area (Å²) in [6.07, 6.45) is 2.70. The van der Waals surface area contributed by atoms with Crippen molar-refractivity contribution in [1.29, 1.82) is 0 Å². The van der Waals surface area contributed by atoms with Crippen molar-refractivity contribution in [2.75, 3.05) is 0 Å². The minimum atomic E-state index is -0.451. The van der Waals surface area contributed by atoms with Crippen LogP contribution in [0.3, 0.4) is 0 Å². The lowest BCUT2D eigenvalue weighted by Gasteiger charge is -2.05. The minimum absolute atomic E-state index is 0.451. The van der Waals surface area contributed by atoms with Gasteiger partial charge in [-0.3, -0.25) is 4.79 Å². The van der Waals surface area contributed by atoms with Gasteiger partial charge in [0.2, 0.25) is 5.91 Å². The number of carbonyl (C=O) groups is 1. The number of rotatable bonds is 3. The first-order valence-corrected chi connectivity index (χ1v) is 4.51. The highest BCUT2D eigenvalue weighted by Gasteiger charge is 2.07. The summed E-state index contributed by atoms with van der Waals surface area (Å²) in [4.78, 5) is 11.1. The molecule has 1 amide bonds. The zero-order valence-electron chi connectivity index (χ0n) is 8.16. The van der Waals surface area contributed by atoms with Gasteiger partial charge in [-0.05, 0) is 12.5 Å². The molecular formula is C11H14N2O. The van der Waals surface area contributed by atoms with Crippen LogP contribution in [0.25, 0.3) is 5.70 Å². The predicted molar refractivity (Wildman–Crippen MR) is 57.4 cm³/mol. The fourth-order valence-electron chi connectivity index (χ4n) is 1.28. The topological polar surface area (TPSA) is 69.1 Å². The molecule has 0 radical (unpaired) electrons. The van der Waals surface area contributed by atoms with Gasteiger partial charge in [0.25, 0.3) is 0 Å². The zero-order valence-corrected chi connectivity index (χ0v) is 8.16. The lowest BCUT2D eigenvalue weighted by molar-refractivity contribution is 0.1000. The first kappa shape index (κ1) is 10.3. The Morgan fingerprint density at radius 3 is 2.36 bits per heavy atom. The van der Waals surface area contributed by atoms with E-state index < -0.39 is 5.91 Å². The Kier molecular flexibility index (Phi) is 3.29. The summed E-state index contributed by atoms with van der Waals surface area (Å²) >= 11 is 0. The van der Waals surface area contributed by atoms with E-state index in [0.717, 1.165) is 6.42 Å². The average molecular weight is 190 g/mol. The van der Waals surface area contributed by atoms with Crippen LogP contribution in [0.2, 0.25) is 0 Å². The number of allylic oxidation sites excluding steroid dienone is 1. The lowest BCUT2D eigenvalue weighted by Crippen LogP contribution is -2.14. The summed E-state index contributed by atoms with van der Waals surface area (Å²) in [6, 6.07) is 7.07. The third-order valence-electron chi connectivity index (χ3n) is 1.93. The first-order chi connectivity index (χ1) is 6.66. The Bertz CT molecular complexity index is 369. The SMILES string of the molecule is CC/C=C(\N)c1ccccc1C(N)=O. The van der Waals surface area contributed by atoms with Gasteiger partial charge in [-0.2, -0.15) is 0 Å². The molecule has 0 fully saturated rings. The van der Waals surface area contributed by atoms with Gasteiger partial charge >= 0.3 is 0 Å². The van der Waals surface area contributed by atoms with Crippen LogP contribution in [0.4, 0.5) is 0 Å². The maximum atomic E-state index is 11.1. The predicted octanol–water partition coefficient (Wildman–Crippen LogP) is 1.50. The second kappa shape index (κ2) is 4.46. The molecule has 3 heteroatoms. The van der Waals surface area contributed by atoms with Gasteiger partial charge in [-0.1, -0.05) is 31.2 Å². The van der Waals surface area contributed by atoms with Crippen molar-refractivity contribution in [3.63, 3.8) is 0 Å². The van der Waals surface area contributed by atoms with Crippen LogP contribution in [0, 0.1) is 0 Å². The van der Waals surface area contributed by atoms with Crippen LogP contribution in [0.5, 0.6) is 0 Å². The molecule has 0 spiro atoms. The smallest absolute Gasteiger partial charge is 0.249 e. The molecule has 0 saturated carbocycles. The molecule has 74 valence electrons. The van der Waals surface area contributed by atoms with E-state index in [1.807, 2.05) is 19.1 Å². The maximum Gasteiger partial charge on any atom is 0.249 e. The van der Waals surface area contributed by atoms with Crippen LogP contribution in [-0.4, -0.2) is 5.91 Å². The molecule has 0 bridgehead atoms. The van der Waals surface area contributed by atoms with E-state index in [0.29, 0.717) is 16.8 Å². The Morgan fingerprint density at radius 2 is 1.86 bits per heavy atom. The van der Waals surface area contributed by atoms with E-state index in [9.17, 15) is 4.79 Å². The summed E-state index contributed by atoms with van der Waals surface area (Å²) in [5.41, 5.74) is 12.8. The number of carbonyl (C=O) groups excluding carboxylic acids is 1. The standard InChI is InChI=1S/C11H14N2O/c1-2-5-10(12)8-6-3-4-7-9(8)11(13)14/h3-7H,2,12H2,1H3,(H2,13,14)/b10-5-. The quantitative estimate of drug-likeness (QED) is 0.758. The van der Waals surface area contributed by atoms with Crippen molar-refractivity contribution in [1.82, 2.24) is 0 Å². The molecule has 4 N–H and O–H groups in total. The molecule has 0 unspecified atom stereocenters. The summed E-state index contributed by atoms with van der Waals surface area (Å²) in [5.74, 6) is -0.451. The monoisotopic (exact) mass is 190 g/mol. The number of benzene rings is 1. The van der Waals surface area contributed by atoms with Crippen molar-refractivity contribution < 1.29 is 4.79 Å². The summed E-state index contributed by atoms with van der Waals surface area (Å²) in [6.45, 7) is 1.99. The Balaban J connectivity index is 3.20. The second-order valence-electron chi connectivity index (χ2n) is 2.98. The highest BCUT2D eigenvalue weighted by molar-refractivity contribution is 5.97. The molecule has 0 aliphatic heterocycles. The average Bonchev–Trinajstić information content (AvgIpc) is 2.18. The van der Waals surface area contributed by atoms with Gasteiger partial charge in [0, 0.05) is 16.8 Å². The first-order valence-electron chi connectivity index (χ1n) is 4.51. The Hall–Kier alpha value is -1.77. The van der Waals surface area contributed by atoms with Gasteiger partial charge in [0.1, 0.15) is 0 Å². The fourth-order valence-corrected chi connectivity index (χ4v) is 1.28. The Labute approximate surface area is 83.4 Å². The number of hydrogen-bond acceptors (Lipinski definition) is 2. The van der Waals surface area contributed by atoms with Gasteiger partial charge in [0.05, 0.1) is 0 Å². The molecule has 0 aliphatic carbocycles. The Morgan fingerprint density at radius 1 is 1.29 bits per heavy atom. The highest BCUT2D eigenvalue weighted by Crippen LogP contribution is 2.14. The van der Waals surface area contributed by atoms with Crippen molar-refractivity contribution in [2.24, 2.45) is 11.5 Å². The second-order valence-corrected chi connectivity index (χ2v) is 2.98. The van der Waals surface area contributed by atoms with Gasteiger partial charge in [-0.25, -0.2) is 0 Å². The molecule has 0 aliphatic rings. The third kappa shape index (κ3) is 2.13. The molecular weight excluding hydrogens is 176 g/mol. The van der Waals surface area contributed by atoms with Crippen LogP contribution in [0.1, 0.15) is 29.3 Å². The van der Waals surface area contributed by atoms with E-state index in [-0.39, 0.29) is 0 Å². The zero-order chi connectivity index (χ0) is 10.6. The van der Waals surface area contributed by atoms with Crippen LogP contribution in [0.15, 0.2) is 30.3 Å². The van der Waals surface area contributed by atoms with E-state index in [2.05, 4.69) is 0 Å². The van der Waals surface area contributed by atoms with E-state index in [1.54, 1.807) is 18.2 Å². The fraction of sp³-hybridized carbons (Fsp3) is 0.182. The molecule has 3 nitrogen and oxygen atoms in total. The number of amides is 1. The van der Waals surface area contributed by atoms with Gasteiger partial charge < -0.3 is 11.5 Å². The molecule has 1 aromatic carbocycles. The minimum Gasteiger partial charge on any atom is -0.398 e. The molecule has 14 heavy (non-hydrogen) atoms. The summed E-state index contributed by atoms with van der Waals surface area (Å²) in [7, 11) is 0. The number of nitrogens with two attached hydrogens (primary N) is 2. The van der Waals surface area contributed by atoms with Crippen molar-refractivity contribution in [2.45, 2.75) is 13.3 Å². The van der Waals surface area contributed by atoms with Gasteiger partial charge in [-0.15, -0.1) is 0 Å². The molecule has 0 atom stereocenters. The van der Waals surface area contributed by atoms with E-state index in [4.69, 9.17) is 11.5 Å². The molecule has 0 aromatic heterocycles. The van der Waals surface area contributed by atoms with Crippen molar-refractivity contribution in [3.8, 4) is 0 Å². The lowest BCUT2D eigenvalue weighted by atomic mass is 10.0. The van der Waals surface area contributed by atoms with Gasteiger partial charge in [0.15, 0.2) is 0 Å². The normalized spacial score (nSPS) is 11.4. The number of primary amides is 1. The summed E-state index contributed by atoms with van der Waals surface area (Å²) < 4.78 is 0. The number of hydrogen-bond donors (Lipinski definition) is 2. The van der Waals surface area contributed by atoms with E-state index >= 15 is 0 Å².